The van der Waals surface area contributed by atoms with Gasteiger partial charge in [0.2, 0.25) is 11.8 Å². The van der Waals surface area contributed by atoms with Gasteiger partial charge < -0.3 is 9.47 Å². The molecule has 0 bridgehead atoms. The number of methoxy groups -OCH3 is 2. The minimum Gasteiger partial charge on any atom is -0.493 e. The van der Waals surface area contributed by atoms with Gasteiger partial charge in [0.05, 0.1) is 37.8 Å². The Morgan fingerprint density at radius 3 is 2.44 bits per heavy atom. The Balaban J connectivity index is 1.45. The van der Waals surface area contributed by atoms with E-state index in [0.29, 0.717) is 22.7 Å². The SMILES string of the molecule is COc1ccc(C(=O)C2C3C(=O)N(c4cccc5ccccc45)C(=O)C3C3C=CC=NN32)cc1OC. The van der Waals surface area contributed by atoms with Crippen molar-refractivity contribution in [2.45, 2.75) is 12.1 Å². The van der Waals surface area contributed by atoms with Crippen molar-refractivity contribution in [3.63, 3.8) is 0 Å². The molecule has 36 heavy (non-hydrogen) atoms. The van der Waals surface area contributed by atoms with E-state index < -0.39 is 29.8 Å². The maximum atomic E-state index is 14.0. The summed E-state index contributed by atoms with van der Waals surface area (Å²) < 4.78 is 10.7. The van der Waals surface area contributed by atoms with Gasteiger partial charge in [-0.25, -0.2) is 4.90 Å². The number of rotatable bonds is 5. The van der Waals surface area contributed by atoms with Gasteiger partial charge in [-0.1, -0.05) is 42.5 Å². The van der Waals surface area contributed by atoms with Gasteiger partial charge in [-0.05, 0) is 35.7 Å². The van der Waals surface area contributed by atoms with Gasteiger partial charge >= 0.3 is 0 Å². The summed E-state index contributed by atoms with van der Waals surface area (Å²) in [5.41, 5.74) is 0.885. The first-order chi connectivity index (χ1) is 17.5. The fourth-order valence-corrected chi connectivity index (χ4v) is 5.64. The van der Waals surface area contributed by atoms with Gasteiger partial charge in [-0.15, -0.1) is 0 Å². The maximum absolute atomic E-state index is 14.0. The summed E-state index contributed by atoms with van der Waals surface area (Å²) in [7, 11) is 3.01. The van der Waals surface area contributed by atoms with Crippen LogP contribution in [0.4, 0.5) is 5.69 Å². The molecule has 0 aliphatic carbocycles. The number of fused-ring (bicyclic) bond motifs is 4. The molecule has 0 spiro atoms. The highest BCUT2D eigenvalue weighted by molar-refractivity contribution is 6.27. The van der Waals surface area contributed by atoms with Crippen molar-refractivity contribution in [1.29, 1.82) is 0 Å². The Bertz CT molecular complexity index is 1470. The number of nitrogens with zero attached hydrogens (tertiary/aromatic N) is 3. The molecule has 8 nitrogen and oxygen atoms in total. The summed E-state index contributed by atoms with van der Waals surface area (Å²) in [5.74, 6) is -1.71. The zero-order valence-corrected chi connectivity index (χ0v) is 19.7. The molecule has 8 heteroatoms. The molecule has 3 aliphatic heterocycles. The van der Waals surface area contributed by atoms with Crippen LogP contribution in [0.1, 0.15) is 10.4 Å². The lowest BCUT2D eigenvalue weighted by Crippen LogP contribution is -2.46. The predicted molar refractivity (Wildman–Crippen MR) is 134 cm³/mol. The molecule has 4 unspecified atom stereocenters. The number of hydrogen-bond acceptors (Lipinski definition) is 7. The molecule has 2 saturated heterocycles. The molecular weight excluding hydrogens is 458 g/mol. The quantitative estimate of drug-likeness (QED) is 0.410. The van der Waals surface area contributed by atoms with E-state index in [2.05, 4.69) is 5.10 Å². The van der Waals surface area contributed by atoms with Gasteiger partial charge in [0.25, 0.3) is 0 Å². The van der Waals surface area contributed by atoms with Gasteiger partial charge in [0.1, 0.15) is 6.04 Å². The monoisotopic (exact) mass is 481 g/mol. The zero-order valence-electron chi connectivity index (χ0n) is 19.7. The van der Waals surface area contributed by atoms with E-state index in [1.54, 1.807) is 41.6 Å². The summed E-state index contributed by atoms with van der Waals surface area (Å²) in [6, 6.07) is 16.6. The normalized spacial score (nSPS) is 24.3. The first-order valence-electron chi connectivity index (χ1n) is 11.7. The van der Waals surface area contributed by atoms with Crippen LogP contribution in [0.25, 0.3) is 10.8 Å². The smallest absolute Gasteiger partial charge is 0.240 e. The van der Waals surface area contributed by atoms with E-state index >= 15 is 0 Å². The number of carbonyl (C=O) groups excluding carboxylic acids is 3. The van der Waals surface area contributed by atoms with Crippen molar-refractivity contribution in [2.75, 3.05) is 19.1 Å². The topological polar surface area (TPSA) is 88.5 Å². The Morgan fingerprint density at radius 2 is 1.64 bits per heavy atom. The zero-order chi connectivity index (χ0) is 25.0. The minimum atomic E-state index is -0.935. The molecule has 0 saturated carbocycles. The third kappa shape index (κ3) is 3.07. The minimum absolute atomic E-state index is 0.304. The number of hydrazone groups is 1. The highest BCUT2D eigenvalue weighted by Gasteiger charge is 2.64. The molecule has 0 aromatic heterocycles. The number of hydrogen-bond donors (Lipinski definition) is 0. The fraction of sp³-hybridized carbons (Fsp3) is 0.214. The first kappa shape index (κ1) is 22.0. The number of benzene rings is 3. The molecule has 3 heterocycles. The summed E-state index contributed by atoms with van der Waals surface area (Å²) in [4.78, 5) is 43.0. The third-order valence-electron chi connectivity index (χ3n) is 7.24. The summed E-state index contributed by atoms with van der Waals surface area (Å²) >= 11 is 0. The largest absolute Gasteiger partial charge is 0.493 e. The molecular formula is C28H23N3O5. The third-order valence-corrected chi connectivity index (χ3v) is 7.24. The van der Waals surface area contributed by atoms with Crippen LogP contribution in [0.2, 0.25) is 0 Å². The van der Waals surface area contributed by atoms with Gasteiger partial charge in [-0.3, -0.25) is 19.4 Å². The van der Waals surface area contributed by atoms with Gasteiger partial charge in [0.15, 0.2) is 17.3 Å². The van der Waals surface area contributed by atoms with Crippen LogP contribution in [0, 0.1) is 11.8 Å². The van der Waals surface area contributed by atoms with E-state index in [9.17, 15) is 14.4 Å². The van der Waals surface area contributed by atoms with Crippen molar-refractivity contribution in [2.24, 2.45) is 16.9 Å². The number of Topliss-reactive ketones (excluding diaryl/α,β-unsaturated/α-hetero) is 1. The molecule has 0 N–H and O–H groups in total. The second-order valence-electron chi connectivity index (χ2n) is 8.96. The van der Waals surface area contributed by atoms with E-state index in [1.165, 1.54) is 19.1 Å². The van der Waals surface area contributed by atoms with Crippen LogP contribution < -0.4 is 14.4 Å². The van der Waals surface area contributed by atoms with E-state index in [-0.39, 0.29) is 11.7 Å². The van der Waals surface area contributed by atoms with Crippen LogP contribution in [0.15, 0.2) is 77.9 Å². The number of allylic oxidation sites excluding steroid dienone is 1. The molecule has 2 fully saturated rings. The van der Waals surface area contributed by atoms with E-state index in [0.717, 1.165) is 10.8 Å². The molecule has 3 aromatic rings. The van der Waals surface area contributed by atoms with E-state index in [4.69, 9.17) is 9.47 Å². The number of anilines is 1. The van der Waals surface area contributed by atoms with Crippen molar-refractivity contribution < 1.29 is 23.9 Å². The number of ether oxygens (including phenoxy) is 2. The Kier molecular flexibility index (Phi) is 5.10. The van der Waals surface area contributed by atoms with Crippen LogP contribution >= 0.6 is 0 Å². The van der Waals surface area contributed by atoms with Crippen molar-refractivity contribution in [3.8, 4) is 11.5 Å². The first-order valence-corrected chi connectivity index (χ1v) is 11.7. The Hall–Kier alpha value is -4.46. The van der Waals surface area contributed by atoms with Gasteiger partial charge in [-0.2, -0.15) is 5.10 Å². The molecule has 2 amide bonds. The Morgan fingerprint density at radius 1 is 0.889 bits per heavy atom. The molecule has 180 valence electrons. The number of ketones is 1. The second kappa shape index (κ2) is 8.34. The standard InChI is InChI=1S/C28H23N3O5/c1-35-21-13-12-17(15-22(21)36-2)26(32)25-24-23(20-11-6-14-29-31(20)25)27(33)30(28(24)34)19-10-5-8-16-7-3-4-9-18(16)19/h3-15,20,23-25H,1-2H3. The summed E-state index contributed by atoms with van der Waals surface area (Å²) in [6.45, 7) is 0. The van der Waals surface area contributed by atoms with Crippen molar-refractivity contribution in [3.05, 3.63) is 78.4 Å². The lowest BCUT2D eigenvalue weighted by molar-refractivity contribution is -0.123. The molecule has 0 radical (unpaired) electrons. The lowest BCUT2D eigenvalue weighted by atomic mass is 9.86. The van der Waals surface area contributed by atoms with Crippen LogP contribution in [0.5, 0.6) is 11.5 Å². The van der Waals surface area contributed by atoms with Crippen LogP contribution in [-0.4, -0.2) is 55.1 Å². The van der Waals surface area contributed by atoms with Crippen molar-refractivity contribution in [1.82, 2.24) is 5.01 Å². The van der Waals surface area contributed by atoms with Crippen LogP contribution in [-0.2, 0) is 9.59 Å². The average molecular weight is 482 g/mol. The lowest BCUT2D eigenvalue weighted by Gasteiger charge is -2.30. The molecule has 4 atom stereocenters. The molecule has 6 rings (SSSR count). The molecule has 3 aliphatic rings. The second-order valence-corrected chi connectivity index (χ2v) is 8.96. The predicted octanol–water partition coefficient (Wildman–Crippen LogP) is 3.45. The number of imide groups is 1. The van der Waals surface area contributed by atoms with Crippen LogP contribution in [0.3, 0.4) is 0 Å². The summed E-state index contributed by atoms with van der Waals surface area (Å²) in [6.07, 6.45) is 5.16. The highest BCUT2D eigenvalue weighted by Crippen LogP contribution is 2.47. The average Bonchev–Trinajstić information content (AvgIpc) is 3.39. The highest BCUT2D eigenvalue weighted by atomic mass is 16.5. The van der Waals surface area contributed by atoms with Crippen molar-refractivity contribution >= 4 is 40.3 Å². The maximum Gasteiger partial charge on any atom is 0.240 e. The van der Waals surface area contributed by atoms with E-state index in [1.807, 2.05) is 42.5 Å². The molecule has 3 aromatic carbocycles. The number of amides is 2. The number of carbonyl (C=O) groups is 3. The van der Waals surface area contributed by atoms with Gasteiger partial charge in [0, 0.05) is 17.2 Å². The Labute approximate surface area is 207 Å². The fourth-order valence-electron chi connectivity index (χ4n) is 5.64. The summed E-state index contributed by atoms with van der Waals surface area (Å²) in [5, 5.41) is 7.75.